The quantitative estimate of drug-likeness (QED) is 0.632. The number of rotatable bonds is 3. The summed E-state index contributed by atoms with van der Waals surface area (Å²) in [6.07, 6.45) is 0. The van der Waals surface area contributed by atoms with Crippen LogP contribution in [0.25, 0.3) is 0 Å². The molecule has 1 aromatic carbocycles. The van der Waals surface area contributed by atoms with Gasteiger partial charge in [0.25, 0.3) is 5.91 Å². The number of aromatic nitrogens is 2. The van der Waals surface area contributed by atoms with Gasteiger partial charge >= 0.3 is 0 Å². The average Bonchev–Trinajstić information content (AvgIpc) is 2.53. The number of carbonyl (C=O) groups is 1. The van der Waals surface area contributed by atoms with Crippen molar-refractivity contribution >= 4 is 17.4 Å². The maximum absolute atomic E-state index is 12.2. The predicted octanol–water partition coefficient (Wildman–Crippen LogP) is 0.910. The second-order valence-corrected chi connectivity index (χ2v) is 3.97. The lowest BCUT2D eigenvalue weighted by Gasteiger charge is -2.16. The van der Waals surface area contributed by atoms with Gasteiger partial charge in [-0.1, -0.05) is 6.07 Å². The number of benzene rings is 1. The van der Waals surface area contributed by atoms with E-state index >= 15 is 0 Å². The first-order valence-corrected chi connectivity index (χ1v) is 5.74. The van der Waals surface area contributed by atoms with Crippen molar-refractivity contribution in [3.63, 3.8) is 0 Å². The van der Waals surface area contributed by atoms with E-state index in [2.05, 4.69) is 15.6 Å². The third-order valence-electron chi connectivity index (χ3n) is 2.70. The summed E-state index contributed by atoms with van der Waals surface area (Å²) in [5.74, 6) is 5.23. The second-order valence-electron chi connectivity index (χ2n) is 3.97. The molecular formula is C13H12N6O. The molecule has 1 aromatic heterocycles. The lowest BCUT2D eigenvalue weighted by molar-refractivity contribution is 0.0987. The summed E-state index contributed by atoms with van der Waals surface area (Å²) >= 11 is 0. The first-order chi connectivity index (χ1) is 9.65. The number of nitriles is 1. The number of carbonyl (C=O) groups excluding carboxylic acids is 1. The molecule has 2 aromatic rings. The monoisotopic (exact) mass is 268 g/mol. The summed E-state index contributed by atoms with van der Waals surface area (Å²) in [5.41, 5.74) is 3.61. The molecule has 7 nitrogen and oxygen atoms in total. The van der Waals surface area contributed by atoms with Crippen molar-refractivity contribution in [3.05, 3.63) is 47.7 Å². The fourth-order valence-electron chi connectivity index (χ4n) is 1.60. The molecule has 0 saturated carbocycles. The Morgan fingerprint density at radius 2 is 2.15 bits per heavy atom. The first-order valence-electron chi connectivity index (χ1n) is 5.74. The van der Waals surface area contributed by atoms with Crippen LogP contribution in [0, 0.1) is 11.3 Å². The Kier molecular flexibility index (Phi) is 3.88. The molecular weight excluding hydrogens is 256 g/mol. The minimum Gasteiger partial charge on any atom is -0.310 e. The highest BCUT2D eigenvalue weighted by molar-refractivity contribution is 6.04. The average molecular weight is 268 g/mol. The van der Waals surface area contributed by atoms with E-state index in [1.165, 1.54) is 11.0 Å². The summed E-state index contributed by atoms with van der Waals surface area (Å²) in [7, 11) is 1.61. The van der Waals surface area contributed by atoms with E-state index in [0.29, 0.717) is 17.1 Å². The standard InChI is InChI=1S/C13H12N6O/c1-19(10-4-2-3-9(7-10)8-14)13(20)11-5-6-12(16-15)18-17-11/h2-7H,15H2,1H3,(H,16,18). The van der Waals surface area contributed by atoms with Gasteiger partial charge in [0.2, 0.25) is 0 Å². The van der Waals surface area contributed by atoms with Crippen molar-refractivity contribution in [2.75, 3.05) is 17.4 Å². The Labute approximate surface area is 115 Å². The van der Waals surface area contributed by atoms with Gasteiger partial charge in [-0.05, 0) is 30.3 Å². The summed E-state index contributed by atoms with van der Waals surface area (Å²) < 4.78 is 0. The van der Waals surface area contributed by atoms with Crippen molar-refractivity contribution in [2.24, 2.45) is 5.84 Å². The number of anilines is 2. The molecule has 20 heavy (non-hydrogen) atoms. The van der Waals surface area contributed by atoms with Gasteiger partial charge in [0.05, 0.1) is 11.6 Å². The summed E-state index contributed by atoms with van der Waals surface area (Å²) in [6.45, 7) is 0. The Morgan fingerprint density at radius 3 is 2.75 bits per heavy atom. The molecule has 0 aliphatic carbocycles. The van der Waals surface area contributed by atoms with E-state index < -0.39 is 0 Å². The van der Waals surface area contributed by atoms with Crippen molar-refractivity contribution in [1.82, 2.24) is 10.2 Å². The zero-order valence-electron chi connectivity index (χ0n) is 10.7. The van der Waals surface area contributed by atoms with Crippen LogP contribution < -0.4 is 16.2 Å². The first kappa shape index (κ1) is 13.5. The van der Waals surface area contributed by atoms with Gasteiger partial charge in [-0.25, -0.2) is 5.84 Å². The zero-order valence-corrected chi connectivity index (χ0v) is 10.7. The lowest BCUT2D eigenvalue weighted by atomic mass is 10.2. The fraction of sp³-hybridized carbons (Fsp3) is 0.0769. The number of hydrogen-bond donors (Lipinski definition) is 2. The van der Waals surface area contributed by atoms with Crippen LogP contribution >= 0.6 is 0 Å². The fourth-order valence-corrected chi connectivity index (χ4v) is 1.60. The lowest BCUT2D eigenvalue weighted by Crippen LogP contribution is -2.27. The van der Waals surface area contributed by atoms with Crippen LogP contribution in [-0.4, -0.2) is 23.2 Å². The van der Waals surface area contributed by atoms with E-state index in [-0.39, 0.29) is 11.6 Å². The van der Waals surface area contributed by atoms with Crippen molar-refractivity contribution in [3.8, 4) is 6.07 Å². The van der Waals surface area contributed by atoms with E-state index in [0.717, 1.165) is 0 Å². The van der Waals surface area contributed by atoms with Gasteiger partial charge in [-0.2, -0.15) is 5.26 Å². The molecule has 100 valence electrons. The summed E-state index contributed by atoms with van der Waals surface area (Å²) in [6, 6.07) is 11.9. The van der Waals surface area contributed by atoms with Crippen LogP contribution in [0.2, 0.25) is 0 Å². The van der Waals surface area contributed by atoms with Crippen LogP contribution in [0.3, 0.4) is 0 Å². The normalized spacial score (nSPS) is 9.65. The molecule has 0 unspecified atom stereocenters. The van der Waals surface area contributed by atoms with E-state index in [9.17, 15) is 4.79 Å². The molecule has 0 radical (unpaired) electrons. The van der Waals surface area contributed by atoms with Gasteiger partial charge in [0, 0.05) is 12.7 Å². The molecule has 7 heteroatoms. The molecule has 0 saturated heterocycles. The minimum atomic E-state index is -0.323. The van der Waals surface area contributed by atoms with Crippen LogP contribution in [0.15, 0.2) is 36.4 Å². The SMILES string of the molecule is CN(C(=O)c1ccc(NN)nn1)c1cccc(C#N)c1. The van der Waals surface area contributed by atoms with Crippen LogP contribution in [0.4, 0.5) is 11.5 Å². The highest BCUT2D eigenvalue weighted by Crippen LogP contribution is 2.16. The molecule has 0 fully saturated rings. The molecule has 1 heterocycles. The number of nitrogens with two attached hydrogens (primary N) is 1. The van der Waals surface area contributed by atoms with Crippen LogP contribution in [0.1, 0.15) is 16.1 Å². The van der Waals surface area contributed by atoms with Gasteiger partial charge in [-0.15, -0.1) is 10.2 Å². The Balaban J connectivity index is 2.25. The molecule has 3 N–H and O–H groups in total. The van der Waals surface area contributed by atoms with Gasteiger partial charge < -0.3 is 10.3 Å². The van der Waals surface area contributed by atoms with E-state index in [1.54, 1.807) is 37.4 Å². The molecule has 0 aliphatic heterocycles. The third-order valence-corrected chi connectivity index (χ3v) is 2.70. The Hall–Kier alpha value is -2.98. The summed E-state index contributed by atoms with van der Waals surface area (Å²) in [5, 5.41) is 16.4. The number of nitrogen functional groups attached to an aromatic ring is 1. The van der Waals surface area contributed by atoms with Crippen LogP contribution in [-0.2, 0) is 0 Å². The van der Waals surface area contributed by atoms with E-state index in [4.69, 9.17) is 11.1 Å². The molecule has 0 spiro atoms. The summed E-state index contributed by atoms with van der Waals surface area (Å²) in [4.78, 5) is 13.6. The van der Waals surface area contributed by atoms with Crippen molar-refractivity contribution in [1.29, 1.82) is 5.26 Å². The second kappa shape index (κ2) is 5.77. The molecule has 0 aliphatic rings. The van der Waals surface area contributed by atoms with Crippen LogP contribution in [0.5, 0.6) is 0 Å². The number of amides is 1. The molecule has 0 atom stereocenters. The third kappa shape index (κ3) is 2.71. The van der Waals surface area contributed by atoms with E-state index in [1.807, 2.05) is 6.07 Å². The van der Waals surface area contributed by atoms with Crippen molar-refractivity contribution in [2.45, 2.75) is 0 Å². The van der Waals surface area contributed by atoms with Gasteiger partial charge in [0.15, 0.2) is 11.5 Å². The molecule has 1 amide bonds. The maximum atomic E-state index is 12.2. The van der Waals surface area contributed by atoms with Gasteiger partial charge in [-0.3, -0.25) is 4.79 Å². The maximum Gasteiger partial charge on any atom is 0.278 e. The van der Waals surface area contributed by atoms with Gasteiger partial charge in [0.1, 0.15) is 0 Å². The Morgan fingerprint density at radius 1 is 1.35 bits per heavy atom. The number of nitrogens with zero attached hydrogens (tertiary/aromatic N) is 4. The smallest absolute Gasteiger partial charge is 0.278 e. The largest absolute Gasteiger partial charge is 0.310 e. The number of hydrogen-bond acceptors (Lipinski definition) is 6. The zero-order chi connectivity index (χ0) is 14.5. The Bertz CT molecular complexity index is 661. The molecule has 0 bridgehead atoms. The predicted molar refractivity (Wildman–Crippen MR) is 73.7 cm³/mol. The highest BCUT2D eigenvalue weighted by Gasteiger charge is 2.15. The topological polar surface area (TPSA) is 108 Å². The number of nitrogens with one attached hydrogen (secondary N) is 1. The molecule has 2 rings (SSSR count). The van der Waals surface area contributed by atoms with Crippen molar-refractivity contribution < 1.29 is 4.79 Å². The minimum absolute atomic E-state index is 0.189. The highest BCUT2D eigenvalue weighted by atomic mass is 16.2. The number of hydrazine groups is 1.